The summed E-state index contributed by atoms with van der Waals surface area (Å²) in [5, 5.41) is 10.7. The summed E-state index contributed by atoms with van der Waals surface area (Å²) in [7, 11) is 0. The van der Waals surface area contributed by atoms with Gasteiger partial charge in [0.1, 0.15) is 5.69 Å². The molecule has 0 amide bonds. The molecule has 1 rings (SSSR count). The van der Waals surface area contributed by atoms with Crippen molar-refractivity contribution in [3.63, 3.8) is 0 Å². The van der Waals surface area contributed by atoms with E-state index < -0.39 is 5.82 Å². The fraction of sp³-hybridized carbons (Fsp3) is 0.100. The molecule has 0 saturated heterocycles. The second-order valence-corrected chi connectivity index (χ2v) is 3.95. The number of hydrogen-bond donors (Lipinski definition) is 1. The summed E-state index contributed by atoms with van der Waals surface area (Å²) >= 11 is 6.79. The highest BCUT2D eigenvalue weighted by Gasteiger charge is 2.11. The molecule has 0 fully saturated rings. The number of nitrogens with zero attached hydrogens (tertiary/aromatic N) is 2. The van der Waals surface area contributed by atoms with Crippen molar-refractivity contribution in [1.82, 2.24) is 5.32 Å². The molecule has 7 heteroatoms. The van der Waals surface area contributed by atoms with Crippen molar-refractivity contribution in [2.24, 2.45) is 4.99 Å². The number of thioether (sulfide) groups is 1. The highest BCUT2D eigenvalue weighted by molar-refractivity contribution is 8.13. The van der Waals surface area contributed by atoms with Crippen LogP contribution in [0.15, 0.2) is 17.1 Å². The van der Waals surface area contributed by atoms with E-state index in [4.69, 9.17) is 16.9 Å². The van der Waals surface area contributed by atoms with Gasteiger partial charge < -0.3 is 0 Å². The summed E-state index contributed by atoms with van der Waals surface area (Å²) in [5.74, 6) is -0.789. The number of nitriles is 1. The first-order valence-corrected chi connectivity index (χ1v) is 5.95. The zero-order valence-electron chi connectivity index (χ0n) is 8.70. The number of aldehydes is 1. The average molecular weight is 272 g/mol. The minimum atomic E-state index is -0.789. The molecule has 4 nitrogen and oxygen atoms in total. The molecular weight excluding hydrogens is 265 g/mol. The maximum atomic E-state index is 13.7. The molecule has 0 aliphatic carbocycles. The minimum Gasteiger partial charge on any atom is -0.298 e. The third-order valence-corrected chi connectivity index (χ3v) is 2.76. The fourth-order valence-corrected chi connectivity index (χ4v) is 1.56. The van der Waals surface area contributed by atoms with Gasteiger partial charge in [0.25, 0.3) is 0 Å². The van der Waals surface area contributed by atoms with Crippen molar-refractivity contribution in [3.05, 3.63) is 28.5 Å². The molecule has 0 spiro atoms. The van der Waals surface area contributed by atoms with Gasteiger partial charge in [0, 0.05) is 5.56 Å². The zero-order valence-corrected chi connectivity index (χ0v) is 10.3. The summed E-state index contributed by atoms with van der Waals surface area (Å²) in [5.41, 5.74) is 0.0229. The Bertz CT molecular complexity index is 513. The number of halogens is 2. The Labute approximate surface area is 106 Å². The van der Waals surface area contributed by atoms with Gasteiger partial charge in [-0.05, 0) is 18.4 Å². The molecule has 88 valence electrons. The van der Waals surface area contributed by atoms with Crippen molar-refractivity contribution in [1.29, 1.82) is 5.26 Å². The molecule has 1 aromatic carbocycles. The molecule has 1 N–H and O–H groups in total. The summed E-state index contributed by atoms with van der Waals surface area (Å²) in [6.07, 6.45) is 3.83. The number of aliphatic imine (C=N–C) groups is 1. The van der Waals surface area contributed by atoms with E-state index in [-0.39, 0.29) is 21.4 Å². The van der Waals surface area contributed by atoms with Gasteiger partial charge in [-0.25, -0.2) is 9.38 Å². The zero-order chi connectivity index (χ0) is 12.8. The van der Waals surface area contributed by atoms with Gasteiger partial charge in [0.2, 0.25) is 0 Å². The normalized spacial score (nSPS) is 10.8. The van der Waals surface area contributed by atoms with Gasteiger partial charge in [-0.15, -0.1) is 0 Å². The molecule has 1 aromatic rings. The molecule has 0 heterocycles. The number of benzene rings is 1. The molecule has 0 radical (unpaired) electrons. The second kappa shape index (κ2) is 6.23. The first-order valence-electron chi connectivity index (χ1n) is 4.35. The van der Waals surface area contributed by atoms with Crippen LogP contribution in [-0.2, 0) is 0 Å². The van der Waals surface area contributed by atoms with Gasteiger partial charge in [-0.2, -0.15) is 5.26 Å². The Morgan fingerprint density at radius 1 is 1.71 bits per heavy atom. The monoisotopic (exact) mass is 271 g/mol. The molecule has 0 unspecified atom stereocenters. The predicted octanol–water partition coefficient (Wildman–Crippen LogP) is 2.71. The number of carbonyl (C=O) groups excluding carboxylic acids is 1. The smallest absolute Gasteiger partial charge is 0.183 e. The highest BCUT2D eigenvalue weighted by Crippen LogP contribution is 2.28. The van der Waals surface area contributed by atoms with E-state index in [9.17, 15) is 9.18 Å². The van der Waals surface area contributed by atoms with Crippen molar-refractivity contribution in [2.75, 3.05) is 6.26 Å². The van der Waals surface area contributed by atoms with E-state index in [2.05, 4.69) is 10.3 Å². The van der Waals surface area contributed by atoms with Crippen molar-refractivity contribution in [3.8, 4) is 6.19 Å². The van der Waals surface area contributed by atoms with E-state index in [1.165, 1.54) is 12.1 Å². The predicted molar refractivity (Wildman–Crippen MR) is 66.2 cm³/mol. The van der Waals surface area contributed by atoms with Crippen LogP contribution in [0.1, 0.15) is 10.4 Å². The molecule has 0 saturated carbocycles. The maximum absolute atomic E-state index is 13.7. The van der Waals surface area contributed by atoms with E-state index in [1.54, 1.807) is 12.4 Å². The van der Waals surface area contributed by atoms with Crippen LogP contribution in [-0.4, -0.2) is 17.7 Å². The molecule has 0 bridgehead atoms. The van der Waals surface area contributed by atoms with Crippen LogP contribution in [0, 0.1) is 17.3 Å². The SMILES string of the molecule is CSC(=Nc1ccc(C=O)c(Cl)c1F)NC#N. The first-order chi connectivity index (χ1) is 8.13. The Balaban J connectivity index is 3.21. The van der Waals surface area contributed by atoms with E-state index >= 15 is 0 Å². The van der Waals surface area contributed by atoms with Gasteiger partial charge >= 0.3 is 0 Å². The minimum absolute atomic E-state index is 0.0345. The standard InChI is InChI=1S/C10H7ClFN3OS/c1-17-10(14-5-13)15-7-3-2-6(4-16)8(11)9(7)12/h2-4H,1H3,(H,14,15). The molecule has 17 heavy (non-hydrogen) atoms. The van der Waals surface area contributed by atoms with Crippen LogP contribution in [0.3, 0.4) is 0 Å². The van der Waals surface area contributed by atoms with E-state index in [0.717, 1.165) is 11.8 Å². The summed E-state index contributed by atoms with van der Waals surface area (Å²) in [6.45, 7) is 0. The Morgan fingerprint density at radius 3 is 2.94 bits per heavy atom. The van der Waals surface area contributed by atoms with Gasteiger partial charge in [0.05, 0.1) is 5.02 Å². The van der Waals surface area contributed by atoms with Crippen LogP contribution in [0.5, 0.6) is 0 Å². The number of rotatable bonds is 2. The molecule has 0 aromatic heterocycles. The van der Waals surface area contributed by atoms with Gasteiger partial charge in [-0.3, -0.25) is 10.1 Å². The molecule has 0 aliphatic rings. The Morgan fingerprint density at radius 2 is 2.41 bits per heavy atom. The Hall–Kier alpha value is -1.58. The van der Waals surface area contributed by atoms with Crippen LogP contribution in [0.4, 0.5) is 10.1 Å². The van der Waals surface area contributed by atoms with Crippen molar-refractivity contribution < 1.29 is 9.18 Å². The lowest BCUT2D eigenvalue weighted by atomic mass is 10.2. The number of amidine groups is 1. The lowest BCUT2D eigenvalue weighted by Crippen LogP contribution is -2.12. The molecular formula is C10H7ClFN3OS. The van der Waals surface area contributed by atoms with E-state index in [0.29, 0.717) is 6.29 Å². The van der Waals surface area contributed by atoms with Crippen LogP contribution in [0.2, 0.25) is 5.02 Å². The number of nitrogens with one attached hydrogen (secondary N) is 1. The van der Waals surface area contributed by atoms with Gasteiger partial charge in [-0.1, -0.05) is 23.4 Å². The molecule has 0 atom stereocenters. The summed E-state index contributed by atoms with van der Waals surface area (Å²) < 4.78 is 13.7. The number of carbonyl (C=O) groups is 1. The summed E-state index contributed by atoms with van der Waals surface area (Å²) in [6, 6.07) is 2.68. The molecule has 0 aliphatic heterocycles. The summed E-state index contributed by atoms with van der Waals surface area (Å²) in [4.78, 5) is 14.4. The number of hydrogen-bond acceptors (Lipinski definition) is 4. The highest BCUT2D eigenvalue weighted by atomic mass is 35.5. The van der Waals surface area contributed by atoms with Crippen LogP contribution < -0.4 is 5.32 Å². The maximum Gasteiger partial charge on any atom is 0.183 e. The van der Waals surface area contributed by atoms with Crippen LogP contribution in [0.25, 0.3) is 0 Å². The average Bonchev–Trinajstić information content (AvgIpc) is 2.34. The first kappa shape index (κ1) is 13.5. The fourth-order valence-electron chi connectivity index (χ4n) is 1.01. The van der Waals surface area contributed by atoms with Crippen molar-refractivity contribution in [2.45, 2.75) is 0 Å². The second-order valence-electron chi connectivity index (χ2n) is 2.78. The van der Waals surface area contributed by atoms with Crippen molar-refractivity contribution >= 4 is 40.5 Å². The quantitative estimate of drug-likeness (QED) is 0.295. The Kier molecular flexibility index (Phi) is 4.94. The topological polar surface area (TPSA) is 65.2 Å². The van der Waals surface area contributed by atoms with Gasteiger partial charge in [0.15, 0.2) is 23.5 Å². The largest absolute Gasteiger partial charge is 0.298 e. The van der Waals surface area contributed by atoms with Crippen LogP contribution >= 0.6 is 23.4 Å². The lowest BCUT2D eigenvalue weighted by molar-refractivity contribution is 0.112. The third-order valence-electron chi connectivity index (χ3n) is 1.80. The van der Waals surface area contributed by atoms with E-state index in [1.807, 2.05) is 0 Å². The lowest BCUT2D eigenvalue weighted by Gasteiger charge is -2.03. The third kappa shape index (κ3) is 3.19.